The van der Waals surface area contributed by atoms with Gasteiger partial charge in [-0.2, -0.15) is 0 Å². The second kappa shape index (κ2) is 12.8. The molecule has 1 aliphatic heterocycles. The van der Waals surface area contributed by atoms with E-state index in [4.69, 9.17) is 18.9 Å². The number of methoxy groups -OCH3 is 2. The zero-order valence-electron chi connectivity index (χ0n) is 23.0. The standard InChI is InChI=1S/C30H34N2O6S/c1-6-8-9-16-38-23-15-10-20(17-24(23)36-5)18-25-28(33)32-27(21-11-13-22(35-4)14-12-21)26(29(34)37-7-2)19(3)31-30(32)39-25/h10-15,17-18,27H,6-9,16H2,1-5H3/b25-18+. The Morgan fingerprint density at radius 2 is 1.82 bits per heavy atom. The molecule has 1 aromatic heterocycles. The molecule has 0 bridgehead atoms. The number of thiazole rings is 1. The summed E-state index contributed by atoms with van der Waals surface area (Å²) in [6.07, 6.45) is 5.01. The number of benzene rings is 2. The Morgan fingerprint density at radius 3 is 2.49 bits per heavy atom. The molecule has 0 aliphatic carbocycles. The summed E-state index contributed by atoms with van der Waals surface area (Å²) in [5.74, 6) is 1.45. The average Bonchev–Trinajstić information content (AvgIpc) is 3.24. The number of hydrogen-bond acceptors (Lipinski definition) is 8. The van der Waals surface area contributed by atoms with Gasteiger partial charge in [-0.25, -0.2) is 9.79 Å². The Bertz CT molecular complexity index is 1530. The molecule has 0 fully saturated rings. The fraction of sp³-hybridized carbons (Fsp3) is 0.367. The molecule has 2 heterocycles. The lowest BCUT2D eigenvalue weighted by Gasteiger charge is -2.24. The van der Waals surface area contributed by atoms with Crippen molar-refractivity contribution in [1.82, 2.24) is 4.57 Å². The third kappa shape index (κ3) is 6.09. The highest BCUT2D eigenvalue weighted by Crippen LogP contribution is 2.32. The zero-order valence-corrected chi connectivity index (χ0v) is 23.8. The molecule has 0 saturated heterocycles. The van der Waals surface area contributed by atoms with Gasteiger partial charge in [0.05, 0.1) is 49.3 Å². The van der Waals surface area contributed by atoms with Gasteiger partial charge < -0.3 is 18.9 Å². The van der Waals surface area contributed by atoms with Crippen LogP contribution in [-0.4, -0.2) is 38.0 Å². The molecule has 3 aromatic rings. The SMILES string of the molecule is CCCCCOc1ccc(/C=c2/sc3n(c2=O)C(c2ccc(OC)cc2)C(C(=O)OCC)=C(C)N=3)cc1OC. The van der Waals surface area contributed by atoms with Gasteiger partial charge in [-0.15, -0.1) is 0 Å². The third-order valence-corrected chi connectivity index (χ3v) is 7.42. The van der Waals surface area contributed by atoms with Crippen LogP contribution in [0.4, 0.5) is 0 Å². The molecule has 4 rings (SSSR count). The maximum Gasteiger partial charge on any atom is 0.338 e. The van der Waals surface area contributed by atoms with Crippen LogP contribution >= 0.6 is 11.3 Å². The van der Waals surface area contributed by atoms with Crippen molar-refractivity contribution < 1.29 is 23.7 Å². The lowest BCUT2D eigenvalue weighted by molar-refractivity contribution is -0.139. The predicted octanol–water partition coefficient (Wildman–Crippen LogP) is 4.38. The first kappa shape index (κ1) is 28.2. The number of carbonyl (C=O) groups excluding carboxylic acids is 1. The Labute approximate surface area is 231 Å². The van der Waals surface area contributed by atoms with Crippen LogP contribution in [0.15, 0.2) is 63.5 Å². The van der Waals surface area contributed by atoms with Crippen molar-refractivity contribution in [2.45, 2.75) is 46.1 Å². The first-order chi connectivity index (χ1) is 18.9. The van der Waals surface area contributed by atoms with Crippen molar-refractivity contribution in [2.75, 3.05) is 27.4 Å². The van der Waals surface area contributed by atoms with Gasteiger partial charge >= 0.3 is 5.97 Å². The Morgan fingerprint density at radius 1 is 1.05 bits per heavy atom. The van der Waals surface area contributed by atoms with E-state index >= 15 is 0 Å². The molecule has 39 heavy (non-hydrogen) atoms. The van der Waals surface area contributed by atoms with Crippen LogP contribution in [0.5, 0.6) is 17.2 Å². The molecule has 1 atom stereocenters. The Hall–Kier alpha value is -3.85. The van der Waals surface area contributed by atoms with Crippen LogP contribution < -0.4 is 29.1 Å². The molecule has 0 spiro atoms. The summed E-state index contributed by atoms with van der Waals surface area (Å²) >= 11 is 1.28. The highest BCUT2D eigenvalue weighted by Gasteiger charge is 2.33. The number of unbranched alkanes of at least 4 members (excludes halogenated alkanes) is 2. The van der Waals surface area contributed by atoms with Gasteiger partial charge in [0.2, 0.25) is 0 Å². The summed E-state index contributed by atoms with van der Waals surface area (Å²) in [4.78, 5) is 32.0. The first-order valence-corrected chi connectivity index (χ1v) is 13.9. The number of ether oxygens (including phenoxy) is 4. The van der Waals surface area contributed by atoms with Crippen LogP contribution in [0.25, 0.3) is 6.08 Å². The van der Waals surface area contributed by atoms with E-state index in [1.807, 2.05) is 48.5 Å². The highest BCUT2D eigenvalue weighted by molar-refractivity contribution is 7.07. The summed E-state index contributed by atoms with van der Waals surface area (Å²) in [7, 11) is 3.19. The maximum atomic E-state index is 13.8. The zero-order chi connectivity index (χ0) is 27.9. The minimum atomic E-state index is -0.679. The maximum absolute atomic E-state index is 13.8. The second-order valence-electron chi connectivity index (χ2n) is 9.04. The summed E-state index contributed by atoms with van der Waals surface area (Å²) in [6, 6.07) is 12.2. The summed E-state index contributed by atoms with van der Waals surface area (Å²) in [6.45, 7) is 6.51. The van der Waals surface area contributed by atoms with Crippen LogP contribution in [-0.2, 0) is 9.53 Å². The smallest absolute Gasteiger partial charge is 0.338 e. The first-order valence-electron chi connectivity index (χ1n) is 13.1. The van der Waals surface area contributed by atoms with E-state index in [2.05, 4.69) is 11.9 Å². The summed E-state index contributed by atoms with van der Waals surface area (Å²) < 4.78 is 24.2. The molecule has 9 heteroatoms. The van der Waals surface area contributed by atoms with Crippen molar-refractivity contribution >= 4 is 23.4 Å². The lowest BCUT2D eigenvalue weighted by atomic mass is 9.96. The van der Waals surface area contributed by atoms with Crippen LogP contribution in [0, 0.1) is 0 Å². The van der Waals surface area contributed by atoms with Gasteiger partial charge in [-0.3, -0.25) is 9.36 Å². The quantitative estimate of drug-likeness (QED) is 0.260. The third-order valence-electron chi connectivity index (χ3n) is 6.44. The molecule has 0 amide bonds. The predicted molar refractivity (Wildman–Crippen MR) is 151 cm³/mol. The van der Waals surface area contributed by atoms with Gasteiger partial charge in [-0.05, 0) is 61.7 Å². The van der Waals surface area contributed by atoms with Gasteiger partial charge in [0, 0.05) is 0 Å². The van der Waals surface area contributed by atoms with E-state index in [0.717, 1.165) is 30.4 Å². The molecule has 206 valence electrons. The molecular formula is C30H34N2O6S. The fourth-order valence-electron chi connectivity index (χ4n) is 4.47. The van der Waals surface area contributed by atoms with Crippen molar-refractivity contribution in [3.8, 4) is 17.2 Å². The molecular weight excluding hydrogens is 516 g/mol. The summed E-state index contributed by atoms with van der Waals surface area (Å²) in [5, 5.41) is 0. The number of esters is 1. The van der Waals surface area contributed by atoms with Crippen LogP contribution in [0.1, 0.15) is 57.2 Å². The molecule has 1 aliphatic rings. The Balaban J connectivity index is 1.79. The second-order valence-corrected chi connectivity index (χ2v) is 10.1. The largest absolute Gasteiger partial charge is 0.497 e. The molecule has 1 unspecified atom stereocenters. The van der Waals surface area contributed by atoms with Crippen LogP contribution in [0.3, 0.4) is 0 Å². The number of hydrogen-bond donors (Lipinski definition) is 0. The molecule has 0 N–H and O–H groups in total. The fourth-order valence-corrected chi connectivity index (χ4v) is 5.52. The number of nitrogens with zero attached hydrogens (tertiary/aromatic N) is 2. The van der Waals surface area contributed by atoms with Crippen LogP contribution in [0.2, 0.25) is 0 Å². The number of aromatic nitrogens is 1. The van der Waals surface area contributed by atoms with E-state index < -0.39 is 12.0 Å². The molecule has 0 saturated carbocycles. The number of allylic oxidation sites excluding steroid dienone is 1. The van der Waals surface area contributed by atoms with E-state index in [9.17, 15) is 9.59 Å². The van der Waals surface area contributed by atoms with Crippen molar-refractivity contribution in [3.63, 3.8) is 0 Å². The van der Waals surface area contributed by atoms with E-state index in [1.165, 1.54) is 11.3 Å². The van der Waals surface area contributed by atoms with E-state index in [-0.39, 0.29) is 12.2 Å². The molecule has 2 aromatic carbocycles. The van der Waals surface area contributed by atoms with Gasteiger partial charge in [0.15, 0.2) is 16.3 Å². The number of fused-ring (bicyclic) bond motifs is 1. The van der Waals surface area contributed by atoms with Gasteiger partial charge in [0.25, 0.3) is 5.56 Å². The molecule has 8 nitrogen and oxygen atoms in total. The average molecular weight is 551 g/mol. The van der Waals surface area contributed by atoms with E-state index in [1.54, 1.807) is 32.6 Å². The van der Waals surface area contributed by atoms with Crippen molar-refractivity contribution in [3.05, 3.63) is 84.5 Å². The van der Waals surface area contributed by atoms with Crippen molar-refractivity contribution in [1.29, 1.82) is 0 Å². The lowest BCUT2D eigenvalue weighted by Crippen LogP contribution is -2.39. The highest BCUT2D eigenvalue weighted by atomic mass is 32.1. The van der Waals surface area contributed by atoms with Gasteiger partial charge in [-0.1, -0.05) is 49.3 Å². The number of rotatable bonds is 11. The minimum absolute atomic E-state index is 0.218. The Kier molecular flexibility index (Phi) is 9.24. The van der Waals surface area contributed by atoms with Gasteiger partial charge in [0.1, 0.15) is 5.75 Å². The topological polar surface area (TPSA) is 88.4 Å². The summed E-state index contributed by atoms with van der Waals surface area (Å²) in [5.41, 5.74) is 2.17. The monoisotopic (exact) mass is 550 g/mol. The van der Waals surface area contributed by atoms with Crippen molar-refractivity contribution in [2.24, 2.45) is 4.99 Å². The van der Waals surface area contributed by atoms with E-state index in [0.29, 0.717) is 44.5 Å². The minimum Gasteiger partial charge on any atom is -0.497 e. The number of carbonyl (C=O) groups is 1. The molecule has 0 radical (unpaired) electrons. The normalized spacial score (nSPS) is 15.0.